The molecule has 0 aliphatic carbocycles. The number of anilines is 1. The van der Waals surface area contributed by atoms with Gasteiger partial charge in [0.15, 0.2) is 10.9 Å². The number of hydrogen-bond donors (Lipinski definition) is 3. The molecule has 4 aromatic rings. The fourth-order valence-corrected chi connectivity index (χ4v) is 3.52. The predicted molar refractivity (Wildman–Crippen MR) is 112 cm³/mol. The third-order valence-electron chi connectivity index (χ3n) is 4.27. The summed E-state index contributed by atoms with van der Waals surface area (Å²) in [5.74, 6) is -0.175. The van der Waals surface area contributed by atoms with Gasteiger partial charge in [0, 0.05) is 18.4 Å². The third-order valence-corrected chi connectivity index (χ3v) is 5.32. The summed E-state index contributed by atoms with van der Waals surface area (Å²) in [5.41, 5.74) is 9.76. The van der Waals surface area contributed by atoms with Crippen LogP contribution in [-0.4, -0.2) is 56.8 Å². The molecule has 1 amide bonds. The smallest absolute Gasteiger partial charge is 0.293 e. The summed E-state index contributed by atoms with van der Waals surface area (Å²) in [6.07, 6.45) is 1.56. The minimum absolute atomic E-state index is 0.00882. The minimum Gasteiger partial charge on any atom is -0.508 e. The first-order valence-electron chi connectivity index (χ1n) is 9.08. The van der Waals surface area contributed by atoms with E-state index in [1.165, 1.54) is 22.5 Å². The molecule has 15 heteroatoms. The topological polar surface area (TPSA) is 188 Å². The molecule has 0 saturated carbocycles. The van der Waals surface area contributed by atoms with Gasteiger partial charge in [0.1, 0.15) is 12.1 Å². The van der Waals surface area contributed by atoms with E-state index in [1.54, 1.807) is 43.1 Å². The number of aromatic nitrogens is 8. The van der Waals surface area contributed by atoms with Gasteiger partial charge in [-0.3, -0.25) is 4.79 Å². The van der Waals surface area contributed by atoms with Crippen molar-refractivity contribution in [2.24, 2.45) is 12.1 Å². The number of amides is 1. The van der Waals surface area contributed by atoms with Crippen molar-refractivity contribution in [3.8, 4) is 11.6 Å². The quantitative estimate of drug-likeness (QED) is 0.200. The molecule has 3 heterocycles. The molecule has 1 aromatic carbocycles. The molecule has 4 rings (SSSR count). The average Bonchev–Trinajstić information content (AvgIpc) is 3.49. The first-order valence-corrected chi connectivity index (χ1v) is 10.1. The van der Waals surface area contributed by atoms with Gasteiger partial charge in [0.05, 0.1) is 11.4 Å². The van der Waals surface area contributed by atoms with Crippen LogP contribution < -0.4 is 11.2 Å². The lowest BCUT2D eigenvalue weighted by molar-refractivity contribution is 0.0949. The van der Waals surface area contributed by atoms with E-state index >= 15 is 0 Å². The number of nitrogens with two attached hydrogens (primary N) is 1. The Labute approximate surface area is 184 Å². The van der Waals surface area contributed by atoms with Gasteiger partial charge in [-0.05, 0) is 29.4 Å². The number of hydrogen-bond acceptors (Lipinski definition) is 12. The zero-order chi connectivity index (χ0) is 22.7. The van der Waals surface area contributed by atoms with E-state index in [0.717, 1.165) is 0 Å². The molecule has 164 valence electrons. The molecule has 0 aliphatic heterocycles. The third kappa shape index (κ3) is 4.27. The van der Waals surface area contributed by atoms with Crippen LogP contribution in [0, 0.1) is 0 Å². The summed E-state index contributed by atoms with van der Waals surface area (Å²) < 4.78 is 7.65. The lowest BCUT2D eigenvalue weighted by Crippen LogP contribution is -2.21. The first kappa shape index (κ1) is 21.0. The summed E-state index contributed by atoms with van der Waals surface area (Å²) in [6, 6.07) is 6.50. The number of nitrogens with zero attached hydrogens (tertiary/aromatic N) is 9. The molecule has 0 atom stereocenters. The van der Waals surface area contributed by atoms with Crippen molar-refractivity contribution in [3.63, 3.8) is 0 Å². The number of rotatable bonds is 7. The molecule has 0 fully saturated rings. The fourth-order valence-electron chi connectivity index (χ4n) is 2.63. The molecule has 14 nitrogen and oxygen atoms in total. The summed E-state index contributed by atoms with van der Waals surface area (Å²) >= 11 is 1.31. The van der Waals surface area contributed by atoms with Crippen molar-refractivity contribution in [1.82, 2.24) is 45.5 Å². The highest BCUT2D eigenvalue weighted by Gasteiger charge is 2.24. The van der Waals surface area contributed by atoms with Crippen molar-refractivity contribution in [3.05, 3.63) is 47.5 Å². The molecule has 0 bridgehead atoms. The van der Waals surface area contributed by atoms with Crippen molar-refractivity contribution in [2.45, 2.75) is 17.8 Å². The number of nitrogen functional groups attached to an aromatic ring is 1. The van der Waals surface area contributed by atoms with Crippen molar-refractivity contribution >= 4 is 29.2 Å². The fraction of sp³-hybridized carbons (Fsp3) is 0.176. The van der Waals surface area contributed by atoms with Gasteiger partial charge < -0.3 is 15.4 Å². The molecule has 4 N–H and O–H groups in total. The van der Waals surface area contributed by atoms with Crippen LogP contribution >= 0.6 is 11.8 Å². The molecular weight excluding hydrogens is 438 g/mol. The van der Waals surface area contributed by atoms with E-state index in [1.807, 2.05) is 0 Å². The Morgan fingerprint density at radius 2 is 2.19 bits per heavy atom. The predicted octanol–water partition coefficient (Wildman–Crippen LogP) is 0.513. The Balaban J connectivity index is 1.61. The monoisotopic (exact) mass is 455 g/mol. The van der Waals surface area contributed by atoms with E-state index in [9.17, 15) is 9.90 Å². The lowest BCUT2D eigenvalue weighted by atomic mass is 10.1. The molecular formula is C17H17N11O3S. The zero-order valence-electron chi connectivity index (χ0n) is 16.9. The van der Waals surface area contributed by atoms with E-state index in [0.29, 0.717) is 22.1 Å². The maximum Gasteiger partial charge on any atom is 0.293 e. The number of carbonyl (C=O) groups excluding carboxylic acids is 1. The van der Waals surface area contributed by atoms with E-state index < -0.39 is 5.91 Å². The van der Waals surface area contributed by atoms with Gasteiger partial charge in [-0.25, -0.2) is 10.1 Å². The van der Waals surface area contributed by atoms with E-state index in [4.69, 9.17) is 5.73 Å². The van der Waals surface area contributed by atoms with Crippen LogP contribution in [0.25, 0.3) is 5.82 Å². The summed E-state index contributed by atoms with van der Waals surface area (Å²) in [6.45, 7) is 1.69. The molecule has 0 unspecified atom stereocenters. The van der Waals surface area contributed by atoms with Crippen LogP contribution in [0.5, 0.6) is 5.75 Å². The Kier molecular flexibility index (Phi) is 5.80. The second-order valence-corrected chi connectivity index (χ2v) is 7.41. The molecule has 0 radical (unpaired) electrons. The van der Waals surface area contributed by atoms with Gasteiger partial charge in [0.2, 0.25) is 11.6 Å². The van der Waals surface area contributed by atoms with Crippen LogP contribution in [0.3, 0.4) is 0 Å². The van der Waals surface area contributed by atoms with Crippen molar-refractivity contribution < 1.29 is 14.5 Å². The standard InChI is InChI=1S/C17H17N11O3S/c1-9(10-4-3-5-11(29)6-10)20-22-16(30)13-12(7-32-17-23-19-8-27(17)2)28(26-21-13)15-14(18)24-31-25-15/h3-6,8,29H,7H2,1-2H3,(H2,18,24)(H,22,30)/b20-9-. The SMILES string of the molecule is C/C(=N/NC(=O)c1nnn(-c2nonc2N)c1CSc1nncn1C)c1cccc(O)c1. The highest BCUT2D eigenvalue weighted by Crippen LogP contribution is 2.24. The van der Waals surface area contributed by atoms with Gasteiger partial charge in [0.25, 0.3) is 5.91 Å². The van der Waals surface area contributed by atoms with Crippen LogP contribution in [0.2, 0.25) is 0 Å². The Bertz CT molecular complexity index is 1290. The summed E-state index contributed by atoms with van der Waals surface area (Å²) in [4.78, 5) is 12.8. The average molecular weight is 455 g/mol. The second-order valence-electron chi connectivity index (χ2n) is 6.47. The van der Waals surface area contributed by atoms with Gasteiger partial charge >= 0.3 is 0 Å². The van der Waals surface area contributed by atoms with Crippen molar-refractivity contribution in [1.29, 1.82) is 0 Å². The van der Waals surface area contributed by atoms with Crippen LogP contribution in [0.1, 0.15) is 28.7 Å². The number of hydrazone groups is 1. The first-order chi connectivity index (χ1) is 15.4. The maximum atomic E-state index is 12.8. The Morgan fingerprint density at radius 1 is 1.34 bits per heavy atom. The molecule has 0 spiro atoms. The Hall–Kier alpha value is -4.27. The normalized spacial score (nSPS) is 11.6. The largest absolute Gasteiger partial charge is 0.508 e. The number of phenolic OH excluding ortho intramolecular Hbond substituents is 1. The highest BCUT2D eigenvalue weighted by atomic mass is 32.2. The molecule has 0 aliphatic rings. The number of benzene rings is 1. The number of aromatic hydroxyl groups is 1. The number of nitrogens with one attached hydrogen (secondary N) is 1. The van der Waals surface area contributed by atoms with Gasteiger partial charge in [-0.2, -0.15) is 9.78 Å². The highest BCUT2D eigenvalue weighted by molar-refractivity contribution is 7.98. The van der Waals surface area contributed by atoms with Gasteiger partial charge in [-0.1, -0.05) is 29.1 Å². The van der Waals surface area contributed by atoms with Crippen LogP contribution in [0.15, 0.2) is 45.5 Å². The van der Waals surface area contributed by atoms with E-state index in [-0.39, 0.29) is 28.8 Å². The molecule has 3 aromatic heterocycles. The maximum absolute atomic E-state index is 12.8. The molecule has 0 saturated heterocycles. The summed E-state index contributed by atoms with van der Waals surface area (Å²) in [7, 11) is 1.80. The lowest BCUT2D eigenvalue weighted by Gasteiger charge is -2.06. The number of aryl methyl sites for hydroxylation is 1. The van der Waals surface area contributed by atoms with Crippen molar-refractivity contribution in [2.75, 3.05) is 5.73 Å². The molecule has 32 heavy (non-hydrogen) atoms. The van der Waals surface area contributed by atoms with Gasteiger partial charge in [-0.15, -0.1) is 15.3 Å². The zero-order valence-corrected chi connectivity index (χ0v) is 17.7. The Morgan fingerprint density at radius 3 is 2.88 bits per heavy atom. The van der Waals surface area contributed by atoms with Crippen LogP contribution in [0.4, 0.5) is 5.82 Å². The summed E-state index contributed by atoms with van der Waals surface area (Å²) in [5, 5.41) is 37.4. The number of thioether (sulfide) groups is 1. The van der Waals surface area contributed by atoms with E-state index in [2.05, 4.69) is 46.0 Å². The number of carbonyl (C=O) groups is 1. The minimum atomic E-state index is -0.598. The number of phenols is 1. The second kappa shape index (κ2) is 8.84. The van der Waals surface area contributed by atoms with Crippen LogP contribution in [-0.2, 0) is 12.8 Å².